The maximum Gasteiger partial charge on any atom is 0.191 e. The zero-order valence-corrected chi connectivity index (χ0v) is 14.6. The summed E-state index contributed by atoms with van der Waals surface area (Å²) in [6, 6.07) is 0. The molecular weight excluding hydrogens is 280 g/mol. The summed E-state index contributed by atoms with van der Waals surface area (Å²) >= 11 is 0. The summed E-state index contributed by atoms with van der Waals surface area (Å²) in [6.07, 6.45) is 3.85. The number of likely N-dealkylation sites (tertiary alicyclic amines) is 1. The minimum atomic E-state index is 0.638. The lowest BCUT2D eigenvalue weighted by Gasteiger charge is -2.30. The fourth-order valence-corrected chi connectivity index (χ4v) is 2.50. The number of hydrogen-bond donors (Lipinski definition) is 2. The SMILES string of the molecule is CN=C(NCCCN1CCC(C)CC1)NCCOCCOC. The predicted octanol–water partition coefficient (Wildman–Crippen LogP) is 0.936. The summed E-state index contributed by atoms with van der Waals surface area (Å²) in [5.74, 6) is 1.76. The molecule has 1 heterocycles. The van der Waals surface area contributed by atoms with Gasteiger partial charge in [0.2, 0.25) is 0 Å². The molecule has 0 saturated carbocycles. The van der Waals surface area contributed by atoms with Crippen LogP contribution in [0.5, 0.6) is 0 Å². The molecule has 0 aromatic carbocycles. The first-order valence-electron chi connectivity index (χ1n) is 8.49. The van der Waals surface area contributed by atoms with Crippen LogP contribution in [0.15, 0.2) is 4.99 Å². The fourth-order valence-electron chi connectivity index (χ4n) is 2.50. The number of hydrogen-bond acceptors (Lipinski definition) is 4. The van der Waals surface area contributed by atoms with E-state index in [0.717, 1.165) is 31.4 Å². The van der Waals surface area contributed by atoms with E-state index < -0.39 is 0 Å². The van der Waals surface area contributed by atoms with Crippen molar-refractivity contribution in [2.24, 2.45) is 10.9 Å². The van der Waals surface area contributed by atoms with Crippen LogP contribution in [0.2, 0.25) is 0 Å². The van der Waals surface area contributed by atoms with Gasteiger partial charge in [0, 0.05) is 27.2 Å². The second-order valence-electron chi connectivity index (χ2n) is 5.91. The van der Waals surface area contributed by atoms with Crippen molar-refractivity contribution in [1.82, 2.24) is 15.5 Å². The van der Waals surface area contributed by atoms with Crippen molar-refractivity contribution in [2.75, 3.05) is 66.7 Å². The lowest BCUT2D eigenvalue weighted by atomic mass is 9.99. The number of piperidine rings is 1. The van der Waals surface area contributed by atoms with Gasteiger partial charge in [-0.3, -0.25) is 4.99 Å². The molecule has 22 heavy (non-hydrogen) atoms. The molecule has 1 aliphatic rings. The molecule has 1 saturated heterocycles. The molecule has 0 spiro atoms. The van der Waals surface area contributed by atoms with Crippen molar-refractivity contribution in [1.29, 1.82) is 0 Å². The van der Waals surface area contributed by atoms with Crippen molar-refractivity contribution in [2.45, 2.75) is 26.2 Å². The van der Waals surface area contributed by atoms with E-state index in [-0.39, 0.29) is 0 Å². The first-order chi connectivity index (χ1) is 10.8. The van der Waals surface area contributed by atoms with Gasteiger partial charge in [0.25, 0.3) is 0 Å². The van der Waals surface area contributed by atoms with Gasteiger partial charge in [0.1, 0.15) is 0 Å². The smallest absolute Gasteiger partial charge is 0.191 e. The van der Waals surface area contributed by atoms with Gasteiger partial charge in [-0.15, -0.1) is 0 Å². The average molecular weight is 314 g/mol. The molecule has 0 bridgehead atoms. The zero-order chi connectivity index (χ0) is 16.0. The molecule has 0 aliphatic carbocycles. The van der Waals surface area contributed by atoms with E-state index in [1.165, 1.54) is 32.5 Å². The molecule has 0 amide bonds. The lowest BCUT2D eigenvalue weighted by molar-refractivity contribution is 0.0733. The van der Waals surface area contributed by atoms with E-state index in [4.69, 9.17) is 9.47 Å². The molecule has 0 aromatic heterocycles. The minimum absolute atomic E-state index is 0.638. The quantitative estimate of drug-likeness (QED) is 0.357. The van der Waals surface area contributed by atoms with Gasteiger partial charge in [-0.25, -0.2) is 0 Å². The highest BCUT2D eigenvalue weighted by molar-refractivity contribution is 5.79. The maximum atomic E-state index is 5.41. The molecule has 6 nitrogen and oxygen atoms in total. The predicted molar refractivity (Wildman–Crippen MR) is 91.5 cm³/mol. The van der Waals surface area contributed by atoms with Crippen molar-refractivity contribution < 1.29 is 9.47 Å². The van der Waals surface area contributed by atoms with E-state index >= 15 is 0 Å². The third kappa shape index (κ3) is 9.23. The molecule has 2 N–H and O–H groups in total. The Balaban J connectivity index is 1.97. The highest BCUT2D eigenvalue weighted by atomic mass is 16.5. The summed E-state index contributed by atoms with van der Waals surface area (Å²) in [5, 5.41) is 6.60. The molecule has 1 rings (SSSR count). The zero-order valence-electron chi connectivity index (χ0n) is 14.6. The summed E-state index contributed by atoms with van der Waals surface area (Å²) in [5.41, 5.74) is 0. The van der Waals surface area contributed by atoms with Crippen LogP contribution in [0.4, 0.5) is 0 Å². The van der Waals surface area contributed by atoms with Crippen LogP contribution in [0.1, 0.15) is 26.2 Å². The lowest BCUT2D eigenvalue weighted by Crippen LogP contribution is -2.40. The largest absolute Gasteiger partial charge is 0.382 e. The number of ether oxygens (including phenoxy) is 2. The number of nitrogens with one attached hydrogen (secondary N) is 2. The van der Waals surface area contributed by atoms with E-state index in [0.29, 0.717) is 19.8 Å². The van der Waals surface area contributed by atoms with Gasteiger partial charge in [-0.1, -0.05) is 6.92 Å². The number of nitrogens with zero attached hydrogens (tertiary/aromatic N) is 2. The van der Waals surface area contributed by atoms with Crippen molar-refractivity contribution in [3.05, 3.63) is 0 Å². The first kappa shape index (κ1) is 19.2. The Bertz CT molecular complexity index is 292. The fraction of sp³-hybridized carbons (Fsp3) is 0.938. The van der Waals surface area contributed by atoms with Crippen molar-refractivity contribution in [3.63, 3.8) is 0 Å². The van der Waals surface area contributed by atoms with E-state index in [1.54, 1.807) is 14.2 Å². The number of rotatable bonds is 10. The Morgan fingerprint density at radius 2 is 1.86 bits per heavy atom. The Hall–Kier alpha value is -0.850. The standard InChI is InChI=1S/C16H34N4O2/c1-15-5-10-20(11-6-15)9-4-7-18-16(17-2)19-8-12-22-14-13-21-3/h15H,4-14H2,1-3H3,(H2,17,18,19). The van der Waals surface area contributed by atoms with E-state index in [1.807, 2.05) is 0 Å². The molecule has 6 heteroatoms. The molecule has 0 unspecified atom stereocenters. The highest BCUT2D eigenvalue weighted by Gasteiger charge is 2.14. The van der Waals surface area contributed by atoms with Crippen molar-refractivity contribution in [3.8, 4) is 0 Å². The van der Waals surface area contributed by atoms with Gasteiger partial charge < -0.3 is 25.0 Å². The first-order valence-corrected chi connectivity index (χ1v) is 8.49. The van der Waals surface area contributed by atoms with Gasteiger partial charge in [0.05, 0.1) is 19.8 Å². The summed E-state index contributed by atoms with van der Waals surface area (Å²) < 4.78 is 10.3. The van der Waals surface area contributed by atoms with Gasteiger partial charge in [-0.2, -0.15) is 0 Å². The molecule has 1 aliphatic heterocycles. The maximum absolute atomic E-state index is 5.41. The molecule has 0 atom stereocenters. The number of aliphatic imine (C=N–C) groups is 1. The number of guanidine groups is 1. The number of methoxy groups -OCH3 is 1. The van der Waals surface area contributed by atoms with Crippen LogP contribution >= 0.6 is 0 Å². The average Bonchev–Trinajstić information content (AvgIpc) is 2.54. The van der Waals surface area contributed by atoms with Crippen molar-refractivity contribution >= 4 is 5.96 Å². The van der Waals surface area contributed by atoms with Gasteiger partial charge >= 0.3 is 0 Å². The van der Waals surface area contributed by atoms with Gasteiger partial charge in [0.15, 0.2) is 5.96 Å². The van der Waals surface area contributed by atoms with E-state index in [2.05, 4.69) is 27.4 Å². The molecule has 0 radical (unpaired) electrons. The molecule has 130 valence electrons. The molecule has 1 fully saturated rings. The third-order valence-corrected chi connectivity index (χ3v) is 4.01. The summed E-state index contributed by atoms with van der Waals surface area (Å²) in [6.45, 7) is 9.70. The van der Waals surface area contributed by atoms with Crippen LogP contribution in [-0.2, 0) is 9.47 Å². The molecular formula is C16H34N4O2. The Kier molecular flexibility index (Phi) is 11.1. The van der Waals surface area contributed by atoms with E-state index in [9.17, 15) is 0 Å². The van der Waals surface area contributed by atoms with Crippen LogP contribution in [0.25, 0.3) is 0 Å². The second-order valence-corrected chi connectivity index (χ2v) is 5.91. The van der Waals surface area contributed by atoms with Crippen LogP contribution in [0.3, 0.4) is 0 Å². The monoisotopic (exact) mass is 314 g/mol. The Morgan fingerprint density at radius 1 is 1.14 bits per heavy atom. The Labute approximate surface area is 135 Å². The van der Waals surface area contributed by atoms with Gasteiger partial charge in [-0.05, 0) is 44.8 Å². The highest BCUT2D eigenvalue weighted by Crippen LogP contribution is 2.15. The van der Waals surface area contributed by atoms with Crippen LogP contribution < -0.4 is 10.6 Å². The Morgan fingerprint density at radius 3 is 2.55 bits per heavy atom. The second kappa shape index (κ2) is 12.7. The minimum Gasteiger partial charge on any atom is -0.382 e. The summed E-state index contributed by atoms with van der Waals surface area (Å²) in [4.78, 5) is 6.79. The third-order valence-electron chi connectivity index (χ3n) is 4.01. The van der Waals surface area contributed by atoms with Crippen LogP contribution in [-0.4, -0.2) is 77.6 Å². The van der Waals surface area contributed by atoms with Crippen LogP contribution in [0, 0.1) is 5.92 Å². The normalized spacial score (nSPS) is 17.7. The topological polar surface area (TPSA) is 58.1 Å². The summed E-state index contributed by atoms with van der Waals surface area (Å²) in [7, 11) is 3.48. The molecule has 0 aromatic rings.